The van der Waals surface area contributed by atoms with Gasteiger partial charge in [-0.15, -0.1) is 0 Å². The minimum atomic E-state index is -0.256. The van der Waals surface area contributed by atoms with Gasteiger partial charge < -0.3 is 9.47 Å². The van der Waals surface area contributed by atoms with Gasteiger partial charge in [-0.25, -0.2) is 0 Å². The van der Waals surface area contributed by atoms with Gasteiger partial charge in [-0.3, -0.25) is 0 Å². The summed E-state index contributed by atoms with van der Waals surface area (Å²) in [6.07, 6.45) is -0.0929. The average molecular weight is 171 g/mol. The lowest BCUT2D eigenvalue weighted by atomic mass is 10.1. The lowest BCUT2D eigenvalue weighted by molar-refractivity contribution is -0.178. The first-order valence-corrected chi connectivity index (χ1v) is 3.90. The van der Waals surface area contributed by atoms with Crippen LogP contribution in [0.25, 0.3) is 10.4 Å². The van der Waals surface area contributed by atoms with Crippen LogP contribution in [0, 0.1) is 0 Å². The molecule has 1 fully saturated rings. The number of rotatable bonds is 2. The molecule has 5 nitrogen and oxygen atoms in total. The maximum absolute atomic E-state index is 8.09. The van der Waals surface area contributed by atoms with Crippen molar-refractivity contribution in [2.45, 2.75) is 25.6 Å². The SMILES string of the molecule is CC1(C)COCC(CN=[N+]=[N-])O1. The Morgan fingerprint density at radius 3 is 3.00 bits per heavy atom. The first kappa shape index (κ1) is 9.32. The molecule has 0 bridgehead atoms. The molecule has 0 N–H and O–H groups in total. The van der Waals surface area contributed by atoms with Crippen LogP contribution in [0.3, 0.4) is 0 Å². The molecular weight excluding hydrogens is 158 g/mol. The third-order valence-corrected chi connectivity index (χ3v) is 1.59. The summed E-state index contributed by atoms with van der Waals surface area (Å²) in [6.45, 7) is 5.37. The summed E-state index contributed by atoms with van der Waals surface area (Å²) in [5.41, 5.74) is 7.83. The summed E-state index contributed by atoms with van der Waals surface area (Å²) in [7, 11) is 0. The maximum atomic E-state index is 8.09. The summed E-state index contributed by atoms with van der Waals surface area (Å²) in [4.78, 5) is 2.67. The summed E-state index contributed by atoms with van der Waals surface area (Å²) >= 11 is 0. The van der Waals surface area contributed by atoms with Gasteiger partial charge in [0.1, 0.15) is 0 Å². The molecule has 0 aromatic carbocycles. The van der Waals surface area contributed by atoms with E-state index >= 15 is 0 Å². The number of ether oxygens (including phenoxy) is 2. The molecule has 1 atom stereocenters. The first-order chi connectivity index (χ1) is 5.64. The second kappa shape index (κ2) is 3.76. The molecule has 0 radical (unpaired) electrons. The van der Waals surface area contributed by atoms with Gasteiger partial charge >= 0.3 is 0 Å². The predicted molar refractivity (Wildman–Crippen MR) is 43.8 cm³/mol. The van der Waals surface area contributed by atoms with E-state index in [4.69, 9.17) is 15.0 Å². The molecule has 1 heterocycles. The van der Waals surface area contributed by atoms with Crippen molar-refractivity contribution in [2.75, 3.05) is 19.8 Å². The van der Waals surface area contributed by atoms with Gasteiger partial charge in [0.15, 0.2) is 0 Å². The molecule has 0 aliphatic carbocycles. The van der Waals surface area contributed by atoms with Crippen molar-refractivity contribution in [3.8, 4) is 0 Å². The van der Waals surface area contributed by atoms with Gasteiger partial charge in [-0.2, -0.15) is 0 Å². The van der Waals surface area contributed by atoms with Crippen LogP contribution in [-0.2, 0) is 9.47 Å². The van der Waals surface area contributed by atoms with E-state index < -0.39 is 0 Å². The van der Waals surface area contributed by atoms with Crippen molar-refractivity contribution in [3.05, 3.63) is 10.4 Å². The molecule has 0 spiro atoms. The Bertz CT molecular complexity index is 199. The van der Waals surface area contributed by atoms with Crippen LogP contribution < -0.4 is 0 Å². The maximum Gasteiger partial charge on any atom is 0.0873 e. The molecule has 5 heteroatoms. The predicted octanol–water partition coefficient (Wildman–Crippen LogP) is 1.49. The Labute approximate surface area is 71.3 Å². The van der Waals surface area contributed by atoms with E-state index in [0.717, 1.165) is 0 Å². The van der Waals surface area contributed by atoms with Gasteiger partial charge in [0.05, 0.1) is 31.5 Å². The molecule has 68 valence electrons. The number of nitrogens with zero attached hydrogens (tertiary/aromatic N) is 3. The van der Waals surface area contributed by atoms with Crippen molar-refractivity contribution in [3.63, 3.8) is 0 Å². The Balaban J connectivity index is 2.41. The largest absolute Gasteiger partial charge is 0.376 e. The van der Waals surface area contributed by atoms with Crippen LogP contribution in [0.4, 0.5) is 0 Å². The highest BCUT2D eigenvalue weighted by molar-refractivity contribution is 4.76. The zero-order valence-electron chi connectivity index (χ0n) is 7.36. The number of azide groups is 1. The topological polar surface area (TPSA) is 67.2 Å². The molecule has 1 aliphatic rings. The Morgan fingerprint density at radius 1 is 1.67 bits per heavy atom. The normalized spacial score (nSPS) is 27.7. The second-order valence-electron chi connectivity index (χ2n) is 3.43. The van der Waals surface area contributed by atoms with Crippen molar-refractivity contribution in [1.82, 2.24) is 0 Å². The standard InChI is InChI=1S/C7H13N3O2/c1-7(2)5-11-4-6(12-7)3-9-10-8/h6H,3-5H2,1-2H3. The van der Waals surface area contributed by atoms with Gasteiger partial charge in [-0.05, 0) is 19.4 Å². The zero-order valence-corrected chi connectivity index (χ0v) is 7.36. The van der Waals surface area contributed by atoms with E-state index in [-0.39, 0.29) is 11.7 Å². The quantitative estimate of drug-likeness (QED) is 0.359. The van der Waals surface area contributed by atoms with Gasteiger partial charge in [0.25, 0.3) is 0 Å². The van der Waals surface area contributed by atoms with Crippen LogP contribution >= 0.6 is 0 Å². The molecular formula is C7H13N3O2. The molecule has 0 amide bonds. The fourth-order valence-electron chi connectivity index (χ4n) is 1.17. The minimum Gasteiger partial charge on any atom is -0.376 e. The first-order valence-electron chi connectivity index (χ1n) is 3.90. The summed E-state index contributed by atoms with van der Waals surface area (Å²) < 4.78 is 10.9. The van der Waals surface area contributed by atoms with E-state index in [1.165, 1.54) is 0 Å². The van der Waals surface area contributed by atoms with Crippen LogP contribution in [0.1, 0.15) is 13.8 Å². The smallest absolute Gasteiger partial charge is 0.0873 e. The van der Waals surface area contributed by atoms with Crippen LogP contribution in [-0.4, -0.2) is 31.5 Å². The molecule has 1 unspecified atom stereocenters. The Morgan fingerprint density at radius 2 is 2.42 bits per heavy atom. The zero-order chi connectivity index (χ0) is 9.03. The van der Waals surface area contributed by atoms with Crippen LogP contribution in [0.5, 0.6) is 0 Å². The highest BCUT2D eigenvalue weighted by Gasteiger charge is 2.28. The molecule has 0 aromatic heterocycles. The minimum absolute atomic E-state index is 0.0929. The Hall–Kier alpha value is -0.770. The molecule has 1 aliphatic heterocycles. The fraction of sp³-hybridized carbons (Fsp3) is 1.00. The van der Waals surface area contributed by atoms with Crippen molar-refractivity contribution in [2.24, 2.45) is 5.11 Å². The van der Waals surface area contributed by atoms with Crippen molar-refractivity contribution < 1.29 is 9.47 Å². The summed E-state index contributed by atoms with van der Waals surface area (Å²) in [5.74, 6) is 0. The fourth-order valence-corrected chi connectivity index (χ4v) is 1.17. The monoisotopic (exact) mass is 171 g/mol. The van der Waals surface area contributed by atoms with Crippen molar-refractivity contribution in [1.29, 1.82) is 0 Å². The van der Waals surface area contributed by atoms with Crippen molar-refractivity contribution >= 4 is 0 Å². The van der Waals surface area contributed by atoms with E-state index in [1.807, 2.05) is 13.8 Å². The van der Waals surface area contributed by atoms with Crippen LogP contribution in [0.2, 0.25) is 0 Å². The third-order valence-electron chi connectivity index (χ3n) is 1.59. The summed E-state index contributed by atoms with van der Waals surface area (Å²) in [6, 6.07) is 0. The van der Waals surface area contributed by atoms with E-state index in [9.17, 15) is 0 Å². The second-order valence-corrected chi connectivity index (χ2v) is 3.43. The highest BCUT2D eigenvalue weighted by atomic mass is 16.6. The van der Waals surface area contributed by atoms with Gasteiger partial charge in [0, 0.05) is 4.91 Å². The third kappa shape index (κ3) is 2.70. The van der Waals surface area contributed by atoms with E-state index in [0.29, 0.717) is 19.8 Å². The highest BCUT2D eigenvalue weighted by Crippen LogP contribution is 2.18. The lowest BCUT2D eigenvalue weighted by Crippen LogP contribution is -2.44. The Kier molecular flexibility index (Phi) is 2.92. The number of hydrogen-bond acceptors (Lipinski definition) is 3. The number of hydrogen-bond donors (Lipinski definition) is 0. The molecule has 0 aromatic rings. The van der Waals surface area contributed by atoms with E-state index in [2.05, 4.69) is 10.0 Å². The van der Waals surface area contributed by atoms with E-state index in [1.54, 1.807) is 0 Å². The summed E-state index contributed by atoms with van der Waals surface area (Å²) in [5, 5.41) is 3.44. The van der Waals surface area contributed by atoms with Gasteiger partial charge in [-0.1, -0.05) is 5.11 Å². The molecule has 0 saturated carbocycles. The molecule has 1 saturated heterocycles. The molecule has 1 rings (SSSR count). The van der Waals surface area contributed by atoms with Crippen LogP contribution in [0.15, 0.2) is 5.11 Å². The van der Waals surface area contributed by atoms with Gasteiger partial charge in [0.2, 0.25) is 0 Å². The average Bonchev–Trinajstić information content (AvgIpc) is 1.99. The molecule has 12 heavy (non-hydrogen) atoms. The lowest BCUT2D eigenvalue weighted by Gasteiger charge is -2.35.